The van der Waals surface area contributed by atoms with Gasteiger partial charge in [0.15, 0.2) is 0 Å². The Hall–Kier alpha value is -1.83. The van der Waals surface area contributed by atoms with Gasteiger partial charge in [0.2, 0.25) is 11.8 Å². The summed E-state index contributed by atoms with van der Waals surface area (Å²) >= 11 is 1.27. The molecule has 2 aromatic rings. The molecule has 8 heteroatoms. The van der Waals surface area contributed by atoms with Crippen molar-refractivity contribution in [1.29, 1.82) is 0 Å². The second-order valence-corrected chi connectivity index (χ2v) is 5.62. The van der Waals surface area contributed by atoms with Crippen LogP contribution in [-0.4, -0.2) is 43.3 Å². The summed E-state index contributed by atoms with van der Waals surface area (Å²) in [6.45, 7) is 4.96. The summed E-state index contributed by atoms with van der Waals surface area (Å²) in [5.41, 5.74) is 2.12. The maximum absolute atomic E-state index is 12.2. The van der Waals surface area contributed by atoms with Gasteiger partial charge in [0, 0.05) is 19.9 Å². The molecule has 0 aliphatic carbocycles. The number of amides is 1. The highest BCUT2D eigenvalue weighted by molar-refractivity contribution is 7.99. The van der Waals surface area contributed by atoms with Gasteiger partial charge in [0.1, 0.15) is 5.82 Å². The topological polar surface area (TPSA) is 87.9 Å². The Balaban J connectivity index is 1.58. The lowest BCUT2D eigenvalue weighted by atomic mass is 10.1. The number of carbonyl (C=O) groups excluding carboxylic acids is 1. The van der Waals surface area contributed by atoms with Gasteiger partial charge in [-0.15, -0.1) is 10.2 Å². The zero-order valence-corrected chi connectivity index (χ0v) is 12.2. The summed E-state index contributed by atoms with van der Waals surface area (Å²) in [5, 5.41) is 8.03. The molecule has 1 N–H and O–H groups in total. The number of aromatic nitrogens is 4. The van der Waals surface area contributed by atoms with Gasteiger partial charge in [-0.05, 0) is 6.92 Å². The van der Waals surface area contributed by atoms with Gasteiger partial charge in [-0.3, -0.25) is 4.79 Å². The van der Waals surface area contributed by atoms with Crippen LogP contribution in [0.15, 0.2) is 9.64 Å². The molecule has 0 bridgehead atoms. The van der Waals surface area contributed by atoms with Gasteiger partial charge >= 0.3 is 0 Å². The molecule has 20 heavy (non-hydrogen) atoms. The molecule has 0 radical (unpaired) electrons. The van der Waals surface area contributed by atoms with Crippen LogP contribution >= 0.6 is 11.8 Å². The zero-order chi connectivity index (χ0) is 14.1. The maximum Gasteiger partial charge on any atom is 0.277 e. The molecule has 0 saturated heterocycles. The van der Waals surface area contributed by atoms with E-state index in [4.69, 9.17) is 4.42 Å². The minimum atomic E-state index is 0.0729. The van der Waals surface area contributed by atoms with E-state index in [0.717, 1.165) is 23.6 Å². The van der Waals surface area contributed by atoms with Crippen LogP contribution < -0.4 is 0 Å². The van der Waals surface area contributed by atoms with Crippen LogP contribution in [0.1, 0.15) is 23.1 Å². The Kier molecular flexibility index (Phi) is 3.47. The largest absolute Gasteiger partial charge is 0.416 e. The second kappa shape index (κ2) is 5.28. The number of aryl methyl sites for hydroxylation is 2. The van der Waals surface area contributed by atoms with Gasteiger partial charge < -0.3 is 14.3 Å². The van der Waals surface area contributed by atoms with Crippen molar-refractivity contribution in [1.82, 2.24) is 25.1 Å². The summed E-state index contributed by atoms with van der Waals surface area (Å²) in [4.78, 5) is 21.6. The van der Waals surface area contributed by atoms with Gasteiger partial charge in [0.05, 0.1) is 23.7 Å². The highest BCUT2D eigenvalue weighted by atomic mass is 32.2. The number of nitrogens with zero attached hydrogens (tertiary/aromatic N) is 4. The van der Waals surface area contributed by atoms with E-state index in [0.29, 0.717) is 30.0 Å². The van der Waals surface area contributed by atoms with E-state index in [1.165, 1.54) is 11.8 Å². The maximum atomic E-state index is 12.2. The first-order chi connectivity index (χ1) is 9.61. The predicted molar refractivity (Wildman–Crippen MR) is 72.2 cm³/mol. The van der Waals surface area contributed by atoms with Crippen molar-refractivity contribution < 1.29 is 9.21 Å². The summed E-state index contributed by atoms with van der Waals surface area (Å²) < 4.78 is 5.23. The fraction of sp³-hybridized carbons (Fsp3) is 0.500. The van der Waals surface area contributed by atoms with E-state index in [1.54, 1.807) is 6.92 Å². The van der Waals surface area contributed by atoms with Crippen molar-refractivity contribution in [3.63, 3.8) is 0 Å². The number of carbonyl (C=O) groups is 1. The highest BCUT2D eigenvalue weighted by Gasteiger charge is 2.23. The van der Waals surface area contributed by atoms with E-state index in [9.17, 15) is 4.79 Å². The molecule has 1 aliphatic rings. The molecule has 3 rings (SSSR count). The van der Waals surface area contributed by atoms with Crippen molar-refractivity contribution in [2.75, 3.05) is 12.3 Å². The van der Waals surface area contributed by atoms with Gasteiger partial charge in [-0.2, -0.15) is 0 Å². The molecule has 106 valence electrons. The summed E-state index contributed by atoms with van der Waals surface area (Å²) in [5.74, 6) is 1.80. The molecule has 1 aliphatic heterocycles. The van der Waals surface area contributed by atoms with Gasteiger partial charge in [0.25, 0.3) is 5.22 Å². The van der Waals surface area contributed by atoms with Crippen LogP contribution in [-0.2, 0) is 17.8 Å². The molecule has 0 unspecified atom stereocenters. The molecular weight excluding hydrogens is 278 g/mol. The normalized spacial score (nSPS) is 14.4. The molecule has 0 atom stereocenters. The van der Waals surface area contributed by atoms with E-state index in [2.05, 4.69) is 20.2 Å². The van der Waals surface area contributed by atoms with E-state index in [-0.39, 0.29) is 5.91 Å². The first kappa shape index (κ1) is 13.2. The molecule has 2 aromatic heterocycles. The Labute approximate surface area is 120 Å². The van der Waals surface area contributed by atoms with Crippen LogP contribution in [0.2, 0.25) is 0 Å². The fourth-order valence-electron chi connectivity index (χ4n) is 2.20. The molecule has 0 saturated carbocycles. The number of fused-ring (bicyclic) bond motifs is 1. The number of hydrogen-bond acceptors (Lipinski definition) is 6. The number of aromatic amines is 1. The lowest BCUT2D eigenvalue weighted by Crippen LogP contribution is -2.37. The lowest BCUT2D eigenvalue weighted by molar-refractivity contribution is -0.129. The Bertz CT molecular complexity index is 636. The van der Waals surface area contributed by atoms with E-state index in [1.807, 2.05) is 11.8 Å². The predicted octanol–water partition coefficient (Wildman–Crippen LogP) is 1.09. The smallest absolute Gasteiger partial charge is 0.277 e. The fourth-order valence-corrected chi connectivity index (χ4v) is 2.91. The van der Waals surface area contributed by atoms with Crippen LogP contribution in [0.3, 0.4) is 0 Å². The third kappa shape index (κ3) is 2.69. The second-order valence-electron chi connectivity index (χ2n) is 4.69. The zero-order valence-electron chi connectivity index (χ0n) is 11.3. The van der Waals surface area contributed by atoms with Crippen molar-refractivity contribution in [3.8, 4) is 0 Å². The number of imidazole rings is 1. The number of H-pyrrole nitrogens is 1. The Morgan fingerprint density at radius 1 is 1.45 bits per heavy atom. The minimum Gasteiger partial charge on any atom is -0.416 e. The SMILES string of the molecule is Cc1nc2c([nH]1)CN(C(=O)CSc1nnc(C)o1)CC2. The van der Waals surface area contributed by atoms with Crippen molar-refractivity contribution in [2.45, 2.75) is 32.0 Å². The summed E-state index contributed by atoms with van der Waals surface area (Å²) in [6, 6.07) is 0. The van der Waals surface area contributed by atoms with Gasteiger partial charge in [-0.1, -0.05) is 11.8 Å². The lowest BCUT2D eigenvalue weighted by Gasteiger charge is -2.25. The molecule has 7 nitrogen and oxygen atoms in total. The number of hydrogen-bond donors (Lipinski definition) is 1. The summed E-state index contributed by atoms with van der Waals surface area (Å²) in [6.07, 6.45) is 0.801. The standard InChI is InChI=1S/C12H15N5O2S/c1-7-13-9-3-4-17(5-10(9)14-7)11(18)6-20-12-16-15-8(2)19-12/h3-6H2,1-2H3,(H,13,14). The highest BCUT2D eigenvalue weighted by Crippen LogP contribution is 2.20. The number of nitrogens with one attached hydrogen (secondary N) is 1. The molecular formula is C12H15N5O2S. The van der Waals surface area contributed by atoms with Crippen LogP contribution in [0.5, 0.6) is 0 Å². The minimum absolute atomic E-state index is 0.0729. The third-order valence-electron chi connectivity index (χ3n) is 3.13. The molecule has 1 amide bonds. The van der Waals surface area contributed by atoms with Crippen molar-refractivity contribution in [3.05, 3.63) is 23.1 Å². The van der Waals surface area contributed by atoms with Crippen molar-refractivity contribution >= 4 is 17.7 Å². The van der Waals surface area contributed by atoms with Crippen LogP contribution in [0.4, 0.5) is 0 Å². The first-order valence-corrected chi connectivity index (χ1v) is 7.35. The number of thioether (sulfide) groups is 1. The molecule has 3 heterocycles. The summed E-state index contributed by atoms with van der Waals surface area (Å²) in [7, 11) is 0. The number of rotatable bonds is 3. The quantitative estimate of drug-likeness (QED) is 0.852. The average Bonchev–Trinajstić information content (AvgIpc) is 2.99. The van der Waals surface area contributed by atoms with Crippen LogP contribution in [0.25, 0.3) is 0 Å². The van der Waals surface area contributed by atoms with Crippen molar-refractivity contribution in [2.24, 2.45) is 0 Å². The molecule has 0 fully saturated rings. The van der Waals surface area contributed by atoms with E-state index < -0.39 is 0 Å². The van der Waals surface area contributed by atoms with Crippen LogP contribution in [0, 0.1) is 13.8 Å². The molecule has 0 spiro atoms. The average molecular weight is 293 g/mol. The Morgan fingerprint density at radius 3 is 3.05 bits per heavy atom. The monoisotopic (exact) mass is 293 g/mol. The Morgan fingerprint density at radius 2 is 2.30 bits per heavy atom. The van der Waals surface area contributed by atoms with Gasteiger partial charge in [-0.25, -0.2) is 4.98 Å². The first-order valence-electron chi connectivity index (χ1n) is 6.37. The molecule has 0 aromatic carbocycles. The third-order valence-corrected chi connectivity index (χ3v) is 3.93. The van der Waals surface area contributed by atoms with E-state index >= 15 is 0 Å².